The molecule has 1 unspecified atom stereocenters. The summed E-state index contributed by atoms with van der Waals surface area (Å²) >= 11 is 1.31. The first kappa shape index (κ1) is 15.0. The third kappa shape index (κ3) is 3.30. The number of nitrogens with zero attached hydrogens (tertiary/aromatic N) is 2. The van der Waals surface area contributed by atoms with Crippen LogP contribution < -0.4 is 0 Å². The van der Waals surface area contributed by atoms with Crippen molar-refractivity contribution in [2.45, 2.75) is 19.9 Å². The number of hydrogen-bond donors (Lipinski definition) is 0. The topological polar surface area (TPSA) is 50.3 Å². The summed E-state index contributed by atoms with van der Waals surface area (Å²) in [4.78, 5) is 29.5. The van der Waals surface area contributed by atoms with Gasteiger partial charge in [-0.15, -0.1) is 0 Å². The summed E-state index contributed by atoms with van der Waals surface area (Å²) in [6, 6.07) is 10.1. The molecule has 1 atom stereocenters. The van der Waals surface area contributed by atoms with Crippen LogP contribution in [0, 0.1) is 5.92 Å². The van der Waals surface area contributed by atoms with Gasteiger partial charge in [0.15, 0.2) is 5.12 Å². The van der Waals surface area contributed by atoms with Gasteiger partial charge in [0.25, 0.3) is 0 Å². The van der Waals surface area contributed by atoms with E-state index < -0.39 is 0 Å². The lowest BCUT2D eigenvalue weighted by Gasteiger charge is -2.17. The number of carbonyl (C=O) groups excluding carboxylic acids is 2. The zero-order valence-electron chi connectivity index (χ0n) is 12.5. The highest BCUT2D eigenvalue weighted by Crippen LogP contribution is 2.25. The van der Waals surface area contributed by atoms with Crippen LogP contribution in [0.3, 0.4) is 0 Å². The standard InChI is InChI=1S/C17H18N2O2S/c1-12(20)22-11-13-8-17(21)19(9-13)10-16-15-5-3-2-4-14(15)6-7-18-16/h2-7,13H,8-11H2,1H3. The first-order valence-electron chi connectivity index (χ1n) is 7.37. The van der Waals surface area contributed by atoms with E-state index in [0.29, 0.717) is 19.5 Å². The van der Waals surface area contributed by atoms with Gasteiger partial charge in [-0.3, -0.25) is 14.6 Å². The van der Waals surface area contributed by atoms with Gasteiger partial charge < -0.3 is 4.90 Å². The van der Waals surface area contributed by atoms with Crippen molar-refractivity contribution in [3.8, 4) is 0 Å². The maximum absolute atomic E-state index is 12.2. The molecule has 0 radical (unpaired) electrons. The van der Waals surface area contributed by atoms with Gasteiger partial charge in [-0.05, 0) is 17.4 Å². The van der Waals surface area contributed by atoms with Gasteiger partial charge in [0.05, 0.1) is 12.2 Å². The molecule has 3 rings (SSSR count). The van der Waals surface area contributed by atoms with Crippen LogP contribution in [0.15, 0.2) is 36.5 Å². The van der Waals surface area contributed by atoms with Gasteiger partial charge in [0, 0.05) is 37.2 Å². The first-order valence-corrected chi connectivity index (χ1v) is 8.36. The Balaban J connectivity index is 1.72. The fraction of sp³-hybridized carbons (Fsp3) is 0.353. The molecule has 2 aromatic rings. The summed E-state index contributed by atoms with van der Waals surface area (Å²) in [5.41, 5.74) is 0.936. The number of benzene rings is 1. The number of aromatic nitrogens is 1. The van der Waals surface area contributed by atoms with E-state index in [1.165, 1.54) is 11.8 Å². The summed E-state index contributed by atoms with van der Waals surface area (Å²) < 4.78 is 0. The Labute approximate surface area is 133 Å². The second-order valence-corrected chi connectivity index (χ2v) is 6.82. The average molecular weight is 314 g/mol. The summed E-state index contributed by atoms with van der Waals surface area (Å²) in [5, 5.41) is 2.35. The van der Waals surface area contributed by atoms with Crippen LogP contribution in [0.5, 0.6) is 0 Å². The fourth-order valence-electron chi connectivity index (χ4n) is 2.84. The summed E-state index contributed by atoms with van der Waals surface area (Å²) in [5.74, 6) is 1.14. The molecule has 0 aliphatic carbocycles. The molecule has 114 valence electrons. The number of hydrogen-bond acceptors (Lipinski definition) is 4. The van der Waals surface area contributed by atoms with Gasteiger partial charge >= 0.3 is 0 Å². The lowest BCUT2D eigenvalue weighted by atomic mass is 10.1. The molecule has 5 heteroatoms. The van der Waals surface area contributed by atoms with Gasteiger partial charge in [-0.1, -0.05) is 36.0 Å². The Morgan fingerprint density at radius 1 is 1.36 bits per heavy atom. The number of rotatable bonds is 4. The number of pyridine rings is 1. The van der Waals surface area contributed by atoms with Crippen molar-refractivity contribution in [3.05, 3.63) is 42.2 Å². The van der Waals surface area contributed by atoms with Crippen LogP contribution >= 0.6 is 11.8 Å². The van der Waals surface area contributed by atoms with Gasteiger partial charge in [0.2, 0.25) is 5.91 Å². The van der Waals surface area contributed by atoms with Crippen LogP contribution in [0.25, 0.3) is 10.8 Å². The molecule has 2 heterocycles. The number of carbonyl (C=O) groups is 2. The summed E-state index contributed by atoms with van der Waals surface area (Å²) in [6.07, 6.45) is 2.33. The summed E-state index contributed by atoms with van der Waals surface area (Å²) in [7, 11) is 0. The average Bonchev–Trinajstić information content (AvgIpc) is 2.86. The molecule has 0 saturated carbocycles. The predicted octanol–water partition coefficient (Wildman–Crippen LogP) is 2.86. The second kappa shape index (κ2) is 6.48. The molecule has 4 nitrogen and oxygen atoms in total. The van der Waals surface area contributed by atoms with E-state index >= 15 is 0 Å². The minimum Gasteiger partial charge on any atom is -0.336 e. The molecule has 1 fully saturated rings. The maximum atomic E-state index is 12.2. The molecular weight excluding hydrogens is 296 g/mol. The second-order valence-electron chi connectivity index (χ2n) is 5.63. The Morgan fingerprint density at radius 2 is 2.18 bits per heavy atom. The van der Waals surface area contributed by atoms with Gasteiger partial charge in [0.1, 0.15) is 0 Å². The van der Waals surface area contributed by atoms with E-state index in [2.05, 4.69) is 11.1 Å². The largest absolute Gasteiger partial charge is 0.336 e. The van der Waals surface area contributed by atoms with E-state index in [1.54, 1.807) is 13.1 Å². The molecule has 22 heavy (non-hydrogen) atoms. The third-order valence-corrected chi connectivity index (χ3v) is 4.96. The van der Waals surface area contributed by atoms with Crippen molar-refractivity contribution >= 4 is 33.6 Å². The highest BCUT2D eigenvalue weighted by atomic mass is 32.2. The molecule has 1 aliphatic heterocycles. The van der Waals surface area contributed by atoms with Crippen LogP contribution in [0.4, 0.5) is 0 Å². The van der Waals surface area contributed by atoms with E-state index in [1.807, 2.05) is 29.2 Å². The van der Waals surface area contributed by atoms with E-state index in [0.717, 1.165) is 22.2 Å². The normalized spacial score (nSPS) is 18.1. The Hall–Kier alpha value is -1.88. The van der Waals surface area contributed by atoms with Crippen LogP contribution in [-0.2, 0) is 16.1 Å². The lowest BCUT2D eigenvalue weighted by Crippen LogP contribution is -2.25. The Bertz CT molecular complexity index is 711. The Kier molecular flexibility index (Phi) is 4.43. The monoisotopic (exact) mass is 314 g/mol. The van der Waals surface area contributed by atoms with Crippen molar-refractivity contribution in [1.29, 1.82) is 0 Å². The van der Waals surface area contributed by atoms with E-state index in [-0.39, 0.29) is 16.9 Å². The molecule has 1 aromatic heterocycles. The minimum absolute atomic E-state index is 0.113. The molecule has 1 aromatic carbocycles. The molecule has 1 aliphatic rings. The smallest absolute Gasteiger partial charge is 0.223 e. The maximum Gasteiger partial charge on any atom is 0.223 e. The molecule has 0 N–H and O–H groups in total. The van der Waals surface area contributed by atoms with Crippen molar-refractivity contribution in [1.82, 2.24) is 9.88 Å². The minimum atomic E-state index is 0.113. The van der Waals surface area contributed by atoms with Crippen LogP contribution in [0.2, 0.25) is 0 Å². The highest BCUT2D eigenvalue weighted by Gasteiger charge is 2.30. The first-order chi connectivity index (χ1) is 10.6. The van der Waals surface area contributed by atoms with Gasteiger partial charge in [-0.2, -0.15) is 0 Å². The van der Waals surface area contributed by atoms with Crippen molar-refractivity contribution in [3.63, 3.8) is 0 Å². The number of fused-ring (bicyclic) bond motifs is 1. The highest BCUT2D eigenvalue weighted by molar-refractivity contribution is 8.13. The molecule has 0 spiro atoms. The van der Waals surface area contributed by atoms with Gasteiger partial charge in [-0.25, -0.2) is 0 Å². The Morgan fingerprint density at radius 3 is 3.00 bits per heavy atom. The lowest BCUT2D eigenvalue weighted by molar-refractivity contribution is -0.128. The molecule has 1 amide bonds. The molecular formula is C17H18N2O2S. The number of likely N-dealkylation sites (tertiary alicyclic amines) is 1. The SMILES string of the molecule is CC(=O)SCC1CC(=O)N(Cc2nccc3ccccc23)C1. The van der Waals surface area contributed by atoms with Crippen molar-refractivity contribution in [2.75, 3.05) is 12.3 Å². The van der Waals surface area contributed by atoms with Crippen LogP contribution in [0.1, 0.15) is 19.0 Å². The zero-order chi connectivity index (χ0) is 15.5. The van der Waals surface area contributed by atoms with E-state index in [9.17, 15) is 9.59 Å². The van der Waals surface area contributed by atoms with E-state index in [4.69, 9.17) is 0 Å². The fourth-order valence-corrected chi connectivity index (χ4v) is 3.54. The molecule has 0 bridgehead atoms. The van der Waals surface area contributed by atoms with Crippen LogP contribution in [-0.4, -0.2) is 33.2 Å². The van der Waals surface area contributed by atoms with Crippen molar-refractivity contribution < 1.29 is 9.59 Å². The predicted molar refractivity (Wildman–Crippen MR) is 88.4 cm³/mol. The third-order valence-electron chi connectivity index (χ3n) is 3.91. The quantitative estimate of drug-likeness (QED) is 0.871. The zero-order valence-corrected chi connectivity index (χ0v) is 13.3. The molecule has 1 saturated heterocycles. The van der Waals surface area contributed by atoms with Crippen molar-refractivity contribution in [2.24, 2.45) is 5.92 Å². The number of amides is 1. The number of thioether (sulfide) groups is 1. The summed E-state index contributed by atoms with van der Waals surface area (Å²) in [6.45, 7) is 2.82.